The number of rotatable bonds is 8. The van der Waals surface area contributed by atoms with Gasteiger partial charge in [-0.2, -0.15) is 0 Å². The third kappa shape index (κ3) is 7.19. The smallest absolute Gasteiger partial charge is 0.0206 e. The number of nitrogens with one attached hydrogen (secondary N) is 2. The van der Waals surface area contributed by atoms with Crippen LogP contribution in [0.2, 0.25) is 0 Å². The van der Waals surface area contributed by atoms with Gasteiger partial charge >= 0.3 is 0 Å². The normalized spacial score (nSPS) is 10.8. The molecule has 0 atom stereocenters. The Labute approximate surface area is 121 Å². The lowest BCUT2D eigenvalue weighted by Gasteiger charge is -2.07. The highest BCUT2D eigenvalue weighted by Crippen LogP contribution is 2.19. The van der Waals surface area contributed by atoms with Crippen LogP contribution in [0.1, 0.15) is 25.3 Å². The molecule has 0 aliphatic carbocycles. The summed E-state index contributed by atoms with van der Waals surface area (Å²) < 4.78 is 2.24. The zero-order chi connectivity index (χ0) is 12.5. The fourth-order valence-electron chi connectivity index (χ4n) is 1.59. The number of benzene rings is 1. The molecule has 1 aromatic carbocycles. The van der Waals surface area contributed by atoms with Crippen LogP contribution < -0.4 is 10.6 Å². The van der Waals surface area contributed by atoms with Crippen molar-refractivity contribution < 1.29 is 0 Å². The van der Waals surface area contributed by atoms with Crippen molar-refractivity contribution in [2.24, 2.45) is 0 Å². The molecule has 0 spiro atoms. The van der Waals surface area contributed by atoms with Gasteiger partial charge in [-0.15, -0.1) is 0 Å². The van der Waals surface area contributed by atoms with Gasteiger partial charge in [0.1, 0.15) is 0 Å². The predicted molar refractivity (Wildman–Crippen MR) is 81.3 cm³/mol. The van der Waals surface area contributed by atoms with E-state index in [0.29, 0.717) is 0 Å². The predicted octanol–water partition coefficient (Wildman–Crippen LogP) is 3.69. The van der Waals surface area contributed by atoms with Gasteiger partial charge in [0.25, 0.3) is 0 Å². The van der Waals surface area contributed by atoms with Crippen LogP contribution in [0.3, 0.4) is 0 Å². The zero-order valence-corrected chi connectivity index (χ0v) is 13.4. The molecule has 2 N–H and O–H groups in total. The van der Waals surface area contributed by atoms with Crippen molar-refractivity contribution >= 4 is 31.9 Å². The lowest BCUT2D eigenvalue weighted by Crippen LogP contribution is -2.22. The Balaban J connectivity index is 2.13. The first kappa shape index (κ1) is 15.2. The van der Waals surface area contributed by atoms with E-state index < -0.39 is 0 Å². The van der Waals surface area contributed by atoms with Crippen molar-refractivity contribution in [3.63, 3.8) is 0 Å². The van der Waals surface area contributed by atoms with Gasteiger partial charge in [-0.1, -0.05) is 38.8 Å². The molecule has 0 amide bonds. The summed E-state index contributed by atoms with van der Waals surface area (Å²) in [5, 5.41) is 6.85. The molecule has 4 heteroatoms. The maximum atomic E-state index is 3.50. The van der Waals surface area contributed by atoms with Gasteiger partial charge in [-0.25, -0.2) is 0 Å². The van der Waals surface area contributed by atoms with Crippen molar-refractivity contribution in [1.82, 2.24) is 10.6 Å². The highest BCUT2D eigenvalue weighted by molar-refractivity contribution is 9.11. The van der Waals surface area contributed by atoms with Crippen molar-refractivity contribution in [2.75, 3.05) is 19.6 Å². The molecule has 0 saturated carbocycles. The van der Waals surface area contributed by atoms with Crippen LogP contribution in [-0.4, -0.2) is 19.6 Å². The van der Waals surface area contributed by atoms with Crippen molar-refractivity contribution in [3.05, 3.63) is 32.7 Å². The molecule has 0 heterocycles. The van der Waals surface area contributed by atoms with Crippen LogP contribution in [-0.2, 0) is 6.54 Å². The topological polar surface area (TPSA) is 24.1 Å². The Kier molecular flexibility index (Phi) is 8.10. The van der Waals surface area contributed by atoms with E-state index in [0.717, 1.165) is 35.1 Å². The third-order valence-electron chi connectivity index (χ3n) is 2.39. The quantitative estimate of drug-likeness (QED) is 0.688. The zero-order valence-electron chi connectivity index (χ0n) is 10.2. The molecule has 0 radical (unpaired) electrons. The SMILES string of the molecule is CCCNCCCNCc1cc(Br)cc(Br)c1. The van der Waals surface area contributed by atoms with Crippen molar-refractivity contribution in [1.29, 1.82) is 0 Å². The lowest BCUT2D eigenvalue weighted by atomic mass is 10.2. The Morgan fingerprint density at radius 1 is 0.941 bits per heavy atom. The minimum Gasteiger partial charge on any atom is -0.317 e. The number of halogens is 2. The summed E-state index contributed by atoms with van der Waals surface area (Å²) in [6.07, 6.45) is 2.38. The van der Waals surface area contributed by atoms with E-state index in [1.165, 1.54) is 18.4 Å². The molecule has 0 aromatic heterocycles. The second kappa shape index (κ2) is 9.09. The summed E-state index contributed by atoms with van der Waals surface area (Å²) in [5.74, 6) is 0. The van der Waals surface area contributed by atoms with Gasteiger partial charge in [-0.3, -0.25) is 0 Å². The molecule has 0 saturated heterocycles. The molecule has 96 valence electrons. The first-order valence-electron chi connectivity index (χ1n) is 6.08. The monoisotopic (exact) mass is 362 g/mol. The minimum absolute atomic E-state index is 0.922. The maximum Gasteiger partial charge on any atom is 0.0206 e. The third-order valence-corrected chi connectivity index (χ3v) is 3.30. The summed E-state index contributed by atoms with van der Waals surface area (Å²) in [6.45, 7) is 6.39. The number of hydrogen-bond donors (Lipinski definition) is 2. The van der Waals surface area contributed by atoms with Crippen LogP contribution in [0.5, 0.6) is 0 Å². The Morgan fingerprint density at radius 2 is 1.59 bits per heavy atom. The molecule has 0 aliphatic rings. The van der Waals surface area contributed by atoms with Crippen LogP contribution in [0.15, 0.2) is 27.1 Å². The maximum absolute atomic E-state index is 3.50. The van der Waals surface area contributed by atoms with Gasteiger partial charge in [0, 0.05) is 15.5 Å². The van der Waals surface area contributed by atoms with Gasteiger partial charge < -0.3 is 10.6 Å². The van der Waals surface area contributed by atoms with E-state index in [1.807, 2.05) is 0 Å². The number of hydrogen-bond acceptors (Lipinski definition) is 2. The lowest BCUT2D eigenvalue weighted by molar-refractivity contribution is 0.592. The van der Waals surface area contributed by atoms with E-state index in [-0.39, 0.29) is 0 Å². The van der Waals surface area contributed by atoms with Gasteiger partial charge in [0.2, 0.25) is 0 Å². The van der Waals surface area contributed by atoms with E-state index in [2.05, 4.69) is 67.6 Å². The van der Waals surface area contributed by atoms with Gasteiger partial charge in [0.15, 0.2) is 0 Å². The molecule has 0 bridgehead atoms. The Bertz CT molecular complexity index is 309. The summed E-state index contributed by atoms with van der Waals surface area (Å²) in [6, 6.07) is 6.35. The average molecular weight is 364 g/mol. The molecule has 17 heavy (non-hydrogen) atoms. The fourth-order valence-corrected chi connectivity index (χ4v) is 2.97. The van der Waals surface area contributed by atoms with Gasteiger partial charge in [-0.05, 0) is 56.2 Å². The Morgan fingerprint density at radius 3 is 2.24 bits per heavy atom. The van der Waals surface area contributed by atoms with Crippen LogP contribution in [0.25, 0.3) is 0 Å². The van der Waals surface area contributed by atoms with Crippen molar-refractivity contribution in [2.45, 2.75) is 26.3 Å². The highest BCUT2D eigenvalue weighted by Gasteiger charge is 1.97. The summed E-state index contributed by atoms with van der Waals surface area (Å²) in [4.78, 5) is 0. The minimum atomic E-state index is 0.922. The van der Waals surface area contributed by atoms with Crippen LogP contribution in [0.4, 0.5) is 0 Å². The molecular weight excluding hydrogens is 344 g/mol. The van der Waals surface area contributed by atoms with Crippen LogP contribution in [0, 0.1) is 0 Å². The molecule has 1 aromatic rings. The average Bonchev–Trinajstić information content (AvgIpc) is 2.26. The molecule has 1 rings (SSSR count). The van der Waals surface area contributed by atoms with Gasteiger partial charge in [0.05, 0.1) is 0 Å². The fraction of sp³-hybridized carbons (Fsp3) is 0.538. The molecule has 0 aliphatic heterocycles. The van der Waals surface area contributed by atoms with Crippen LogP contribution >= 0.6 is 31.9 Å². The van der Waals surface area contributed by atoms with E-state index in [9.17, 15) is 0 Å². The Hall–Kier alpha value is 0.1000. The van der Waals surface area contributed by atoms with Crippen molar-refractivity contribution in [3.8, 4) is 0 Å². The summed E-state index contributed by atoms with van der Waals surface area (Å²) >= 11 is 6.99. The first-order chi connectivity index (χ1) is 8.22. The van der Waals surface area contributed by atoms with E-state index in [1.54, 1.807) is 0 Å². The van der Waals surface area contributed by atoms with E-state index in [4.69, 9.17) is 0 Å². The highest BCUT2D eigenvalue weighted by atomic mass is 79.9. The second-order valence-corrected chi connectivity index (χ2v) is 5.89. The first-order valence-corrected chi connectivity index (χ1v) is 7.67. The molecule has 0 unspecified atom stereocenters. The summed E-state index contributed by atoms with van der Waals surface area (Å²) in [5.41, 5.74) is 1.30. The second-order valence-electron chi connectivity index (χ2n) is 4.06. The van der Waals surface area contributed by atoms with E-state index >= 15 is 0 Å². The molecule has 0 fully saturated rings. The largest absolute Gasteiger partial charge is 0.317 e. The summed E-state index contributed by atoms with van der Waals surface area (Å²) in [7, 11) is 0. The standard InChI is InChI=1S/C13H20Br2N2/c1-2-4-16-5-3-6-17-10-11-7-12(14)9-13(15)8-11/h7-9,16-17H,2-6,10H2,1H3. The molecule has 2 nitrogen and oxygen atoms in total. The molecular formula is C13H20Br2N2.